The molecule has 3 heteroatoms. The van der Waals surface area contributed by atoms with E-state index >= 15 is 0 Å². The standard InChI is InChI=1S/C8H6ClNS/c9-7-5-3-1-2-4-6(5)11-8(7)10/h1-4H,10H2. The number of anilines is 1. The third-order valence-electron chi connectivity index (χ3n) is 1.56. The molecule has 0 radical (unpaired) electrons. The summed E-state index contributed by atoms with van der Waals surface area (Å²) in [5, 5.41) is 2.44. The van der Waals surface area contributed by atoms with Gasteiger partial charge in [0.15, 0.2) is 0 Å². The summed E-state index contributed by atoms with van der Waals surface area (Å²) in [5.41, 5.74) is 5.64. The molecule has 0 bridgehead atoms. The van der Waals surface area contributed by atoms with Crippen LogP contribution in [-0.4, -0.2) is 0 Å². The van der Waals surface area contributed by atoms with Crippen molar-refractivity contribution in [3.8, 4) is 0 Å². The van der Waals surface area contributed by atoms with E-state index in [0.29, 0.717) is 10.0 Å². The number of rotatable bonds is 0. The van der Waals surface area contributed by atoms with Gasteiger partial charge in [-0.2, -0.15) is 0 Å². The summed E-state index contributed by atoms with van der Waals surface area (Å²) in [4.78, 5) is 0. The molecule has 11 heavy (non-hydrogen) atoms. The molecule has 0 saturated carbocycles. The molecule has 0 spiro atoms. The number of thiophene rings is 1. The number of benzene rings is 1. The number of nitrogens with two attached hydrogens (primary N) is 1. The highest BCUT2D eigenvalue weighted by Gasteiger charge is 2.04. The van der Waals surface area contributed by atoms with Crippen molar-refractivity contribution >= 4 is 38.0 Å². The van der Waals surface area contributed by atoms with Crippen LogP contribution in [0.3, 0.4) is 0 Å². The van der Waals surface area contributed by atoms with Gasteiger partial charge in [0.05, 0.1) is 5.02 Å². The SMILES string of the molecule is Nc1sc2ccccc2c1Cl. The Labute approximate surface area is 73.4 Å². The van der Waals surface area contributed by atoms with Crippen molar-refractivity contribution in [2.24, 2.45) is 0 Å². The van der Waals surface area contributed by atoms with Crippen LogP contribution < -0.4 is 5.73 Å². The lowest BCUT2D eigenvalue weighted by Crippen LogP contribution is -1.76. The van der Waals surface area contributed by atoms with Crippen LogP contribution in [0.4, 0.5) is 5.00 Å². The van der Waals surface area contributed by atoms with Crippen LogP contribution in [0.2, 0.25) is 5.02 Å². The molecule has 1 nitrogen and oxygen atoms in total. The molecule has 0 saturated heterocycles. The first-order valence-corrected chi connectivity index (χ1v) is 4.41. The van der Waals surface area contributed by atoms with E-state index in [1.165, 1.54) is 11.3 Å². The van der Waals surface area contributed by atoms with Gasteiger partial charge in [0, 0.05) is 10.1 Å². The first-order valence-electron chi connectivity index (χ1n) is 3.21. The van der Waals surface area contributed by atoms with Crippen molar-refractivity contribution in [2.75, 3.05) is 5.73 Å². The molecular formula is C8H6ClNS. The van der Waals surface area contributed by atoms with E-state index in [2.05, 4.69) is 0 Å². The molecule has 0 aliphatic rings. The van der Waals surface area contributed by atoms with E-state index in [-0.39, 0.29) is 0 Å². The molecule has 56 valence electrons. The zero-order valence-corrected chi connectivity index (χ0v) is 7.25. The lowest BCUT2D eigenvalue weighted by Gasteiger charge is -1.86. The van der Waals surface area contributed by atoms with Crippen LogP contribution in [0.15, 0.2) is 24.3 Å². The van der Waals surface area contributed by atoms with Crippen LogP contribution in [0, 0.1) is 0 Å². The molecule has 2 N–H and O–H groups in total. The van der Waals surface area contributed by atoms with Gasteiger partial charge in [0.2, 0.25) is 0 Å². The fraction of sp³-hybridized carbons (Fsp3) is 0. The Morgan fingerprint density at radius 2 is 2.00 bits per heavy atom. The fourth-order valence-electron chi connectivity index (χ4n) is 1.03. The smallest absolute Gasteiger partial charge is 0.106 e. The van der Waals surface area contributed by atoms with Crippen LogP contribution in [0.5, 0.6) is 0 Å². The number of hydrogen-bond donors (Lipinski definition) is 1. The highest BCUT2D eigenvalue weighted by Crippen LogP contribution is 2.36. The molecule has 0 unspecified atom stereocenters. The van der Waals surface area contributed by atoms with Crippen molar-refractivity contribution in [1.29, 1.82) is 0 Å². The molecule has 0 fully saturated rings. The predicted octanol–water partition coefficient (Wildman–Crippen LogP) is 3.14. The second-order valence-electron chi connectivity index (χ2n) is 2.28. The first-order chi connectivity index (χ1) is 5.29. The topological polar surface area (TPSA) is 26.0 Å². The second kappa shape index (κ2) is 2.40. The van der Waals surface area contributed by atoms with Crippen molar-refractivity contribution in [3.63, 3.8) is 0 Å². The van der Waals surface area contributed by atoms with Crippen molar-refractivity contribution < 1.29 is 0 Å². The van der Waals surface area contributed by atoms with Crippen LogP contribution in [0.1, 0.15) is 0 Å². The summed E-state index contributed by atoms with van der Waals surface area (Å²) in [6.07, 6.45) is 0. The van der Waals surface area contributed by atoms with E-state index in [0.717, 1.165) is 10.1 Å². The molecule has 0 aliphatic heterocycles. The quantitative estimate of drug-likeness (QED) is 0.667. The maximum atomic E-state index is 5.93. The second-order valence-corrected chi connectivity index (χ2v) is 3.74. The minimum absolute atomic E-state index is 0.686. The molecular weight excluding hydrogens is 178 g/mol. The average molecular weight is 184 g/mol. The van der Waals surface area contributed by atoms with E-state index < -0.39 is 0 Å². The molecule has 1 aromatic carbocycles. The Hall–Kier alpha value is -0.730. The lowest BCUT2D eigenvalue weighted by molar-refractivity contribution is 1.85. The summed E-state index contributed by atoms with van der Waals surface area (Å²) in [6.45, 7) is 0. The summed E-state index contributed by atoms with van der Waals surface area (Å²) in [5.74, 6) is 0. The highest BCUT2D eigenvalue weighted by atomic mass is 35.5. The van der Waals surface area contributed by atoms with Gasteiger partial charge < -0.3 is 5.73 Å². The van der Waals surface area contributed by atoms with E-state index in [9.17, 15) is 0 Å². The molecule has 0 aliphatic carbocycles. The van der Waals surface area contributed by atoms with Gasteiger partial charge in [0.1, 0.15) is 5.00 Å². The maximum absolute atomic E-state index is 5.93. The first kappa shape index (κ1) is 6.95. The molecule has 2 aromatic rings. The highest BCUT2D eigenvalue weighted by molar-refractivity contribution is 7.23. The van der Waals surface area contributed by atoms with Gasteiger partial charge in [-0.3, -0.25) is 0 Å². The van der Waals surface area contributed by atoms with Crippen molar-refractivity contribution in [3.05, 3.63) is 29.3 Å². The summed E-state index contributed by atoms with van der Waals surface area (Å²) in [7, 11) is 0. The molecule has 0 atom stereocenters. The van der Waals surface area contributed by atoms with Crippen LogP contribution in [-0.2, 0) is 0 Å². The minimum Gasteiger partial charge on any atom is -0.389 e. The summed E-state index contributed by atoms with van der Waals surface area (Å²) >= 11 is 7.45. The Morgan fingerprint density at radius 1 is 1.27 bits per heavy atom. The molecule has 1 aromatic heterocycles. The minimum atomic E-state index is 0.686. The zero-order valence-electron chi connectivity index (χ0n) is 5.67. The summed E-state index contributed by atoms with van der Waals surface area (Å²) < 4.78 is 1.15. The Kier molecular flexibility index (Phi) is 1.51. The number of hydrogen-bond acceptors (Lipinski definition) is 2. The van der Waals surface area contributed by atoms with Gasteiger partial charge in [-0.05, 0) is 6.07 Å². The largest absolute Gasteiger partial charge is 0.389 e. The fourth-order valence-corrected chi connectivity index (χ4v) is 2.23. The zero-order chi connectivity index (χ0) is 7.84. The van der Waals surface area contributed by atoms with Gasteiger partial charge in [0.25, 0.3) is 0 Å². The molecule has 2 rings (SSSR count). The number of fused-ring (bicyclic) bond motifs is 1. The monoisotopic (exact) mass is 183 g/mol. The predicted molar refractivity (Wildman–Crippen MR) is 51.2 cm³/mol. The van der Waals surface area contributed by atoms with Crippen molar-refractivity contribution in [2.45, 2.75) is 0 Å². The molecule has 0 amide bonds. The Bertz CT molecular complexity index is 394. The van der Waals surface area contributed by atoms with E-state index in [1.807, 2.05) is 24.3 Å². The number of nitrogen functional groups attached to an aromatic ring is 1. The Morgan fingerprint density at radius 3 is 2.73 bits per heavy atom. The van der Waals surface area contributed by atoms with Gasteiger partial charge >= 0.3 is 0 Å². The molecule has 1 heterocycles. The average Bonchev–Trinajstić information content (AvgIpc) is 2.30. The maximum Gasteiger partial charge on any atom is 0.106 e. The van der Waals surface area contributed by atoms with Crippen molar-refractivity contribution in [1.82, 2.24) is 0 Å². The number of halogens is 1. The van der Waals surface area contributed by atoms with Gasteiger partial charge in [-0.15, -0.1) is 11.3 Å². The summed E-state index contributed by atoms with van der Waals surface area (Å²) in [6, 6.07) is 7.93. The third-order valence-corrected chi connectivity index (χ3v) is 3.08. The van der Waals surface area contributed by atoms with Crippen LogP contribution in [0.25, 0.3) is 10.1 Å². The van der Waals surface area contributed by atoms with Crippen LogP contribution >= 0.6 is 22.9 Å². The van der Waals surface area contributed by atoms with E-state index in [4.69, 9.17) is 17.3 Å². The third kappa shape index (κ3) is 0.988. The van der Waals surface area contributed by atoms with Gasteiger partial charge in [-0.1, -0.05) is 29.8 Å². The Balaban J connectivity index is 2.92. The lowest BCUT2D eigenvalue weighted by atomic mass is 10.3. The van der Waals surface area contributed by atoms with E-state index in [1.54, 1.807) is 0 Å². The normalized spacial score (nSPS) is 10.6. The van der Waals surface area contributed by atoms with Gasteiger partial charge in [-0.25, -0.2) is 0 Å².